The molecule has 1 aromatic rings. The largest absolute Gasteiger partial charge is 0.480 e. The Kier molecular flexibility index (Phi) is 5.48. The maximum absolute atomic E-state index is 11.8. The maximum atomic E-state index is 11.8. The third-order valence-corrected chi connectivity index (χ3v) is 2.79. The Labute approximate surface area is 113 Å². The lowest BCUT2D eigenvalue weighted by Gasteiger charge is -2.16. The maximum Gasteiger partial charge on any atom is 0.326 e. The van der Waals surface area contributed by atoms with E-state index in [0.717, 1.165) is 5.56 Å². The van der Waals surface area contributed by atoms with E-state index in [1.54, 1.807) is 12.3 Å². The summed E-state index contributed by atoms with van der Waals surface area (Å²) in [5, 5.41) is 11.6. The summed E-state index contributed by atoms with van der Waals surface area (Å²) in [7, 11) is 0. The molecule has 104 valence electrons. The zero-order valence-corrected chi connectivity index (χ0v) is 11.5. The fourth-order valence-corrected chi connectivity index (χ4v) is 1.79. The summed E-state index contributed by atoms with van der Waals surface area (Å²) in [5.41, 5.74) is 1.60. The number of carbonyl (C=O) groups is 2. The monoisotopic (exact) mass is 264 g/mol. The van der Waals surface area contributed by atoms with E-state index in [1.807, 2.05) is 26.8 Å². The van der Waals surface area contributed by atoms with Crippen molar-refractivity contribution < 1.29 is 14.7 Å². The van der Waals surface area contributed by atoms with Crippen LogP contribution in [0.15, 0.2) is 18.3 Å². The molecule has 0 radical (unpaired) electrons. The van der Waals surface area contributed by atoms with E-state index < -0.39 is 12.0 Å². The van der Waals surface area contributed by atoms with Gasteiger partial charge in [0, 0.05) is 6.20 Å². The van der Waals surface area contributed by atoms with Crippen molar-refractivity contribution in [2.75, 3.05) is 0 Å². The van der Waals surface area contributed by atoms with Crippen LogP contribution in [0.4, 0.5) is 0 Å². The average molecular weight is 264 g/mol. The van der Waals surface area contributed by atoms with E-state index in [4.69, 9.17) is 5.11 Å². The summed E-state index contributed by atoms with van der Waals surface area (Å²) >= 11 is 0. The molecule has 19 heavy (non-hydrogen) atoms. The highest BCUT2D eigenvalue weighted by molar-refractivity contribution is 5.84. The Balaban J connectivity index is 2.63. The van der Waals surface area contributed by atoms with Crippen LogP contribution in [0.1, 0.15) is 31.5 Å². The van der Waals surface area contributed by atoms with Gasteiger partial charge >= 0.3 is 5.97 Å². The summed E-state index contributed by atoms with van der Waals surface area (Å²) in [6, 6.07) is 2.84. The van der Waals surface area contributed by atoms with Crippen LogP contribution in [0.3, 0.4) is 0 Å². The fraction of sp³-hybridized carbons (Fsp3) is 0.500. The topological polar surface area (TPSA) is 79.3 Å². The molecule has 5 nitrogen and oxygen atoms in total. The Morgan fingerprint density at radius 1 is 1.42 bits per heavy atom. The normalized spacial score (nSPS) is 12.2. The number of aryl methyl sites for hydroxylation is 1. The molecule has 1 aromatic heterocycles. The summed E-state index contributed by atoms with van der Waals surface area (Å²) in [5.74, 6) is -1.10. The van der Waals surface area contributed by atoms with Crippen LogP contribution in [0.5, 0.6) is 0 Å². The predicted octanol–water partition coefficient (Wildman–Crippen LogP) is 1.55. The Hall–Kier alpha value is -1.91. The van der Waals surface area contributed by atoms with Gasteiger partial charge in [-0.05, 0) is 30.9 Å². The van der Waals surface area contributed by atoms with Gasteiger partial charge in [0.25, 0.3) is 0 Å². The van der Waals surface area contributed by atoms with Crippen molar-refractivity contribution in [2.24, 2.45) is 5.92 Å². The number of hydrogen-bond donors (Lipinski definition) is 2. The van der Waals surface area contributed by atoms with Gasteiger partial charge in [0.1, 0.15) is 6.04 Å². The molecule has 2 N–H and O–H groups in total. The van der Waals surface area contributed by atoms with E-state index in [0.29, 0.717) is 12.1 Å². The molecule has 0 saturated carbocycles. The number of carbonyl (C=O) groups excluding carboxylic acids is 1. The highest BCUT2D eigenvalue weighted by Gasteiger charge is 2.21. The second-order valence-corrected chi connectivity index (χ2v) is 5.03. The van der Waals surface area contributed by atoms with Crippen molar-refractivity contribution in [3.63, 3.8) is 0 Å². The summed E-state index contributed by atoms with van der Waals surface area (Å²) < 4.78 is 0. The number of carboxylic acid groups (broad SMARTS) is 1. The molecule has 1 amide bonds. The van der Waals surface area contributed by atoms with Gasteiger partial charge in [0.05, 0.1) is 12.1 Å². The van der Waals surface area contributed by atoms with E-state index >= 15 is 0 Å². The lowest BCUT2D eigenvalue weighted by molar-refractivity contribution is -0.142. The quantitative estimate of drug-likeness (QED) is 0.817. The van der Waals surface area contributed by atoms with Crippen LogP contribution >= 0.6 is 0 Å². The number of carboxylic acids is 1. The van der Waals surface area contributed by atoms with Gasteiger partial charge in [-0.2, -0.15) is 0 Å². The first kappa shape index (κ1) is 15.1. The molecule has 0 aliphatic rings. The molecule has 0 aliphatic carbocycles. The van der Waals surface area contributed by atoms with E-state index in [9.17, 15) is 9.59 Å². The summed E-state index contributed by atoms with van der Waals surface area (Å²) in [4.78, 5) is 27.0. The number of amides is 1. The number of pyridine rings is 1. The van der Waals surface area contributed by atoms with Gasteiger partial charge in [-0.1, -0.05) is 19.9 Å². The third kappa shape index (κ3) is 5.07. The van der Waals surface area contributed by atoms with Gasteiger partial charge in [-0.3, -0.25) is 9.78 Å². The van der Waals surface area contributed by atoms with Gasteiger partial charge in [0.2, 0.25) is 5.91 Å². The highest BCUT2D eigenvalue weighted by Crippen LogP contribution is 2.07. The summed E-state index contributed by atoms with van der Waals surface area (Å²) in [6.07, 6.45) is 2.15. The molecule has 0 unspecified atom stereocenters. The minimum absolute atomic E-state index is 0.106. The van der Waals surface area contributed by atoms with Gasteiger partial charge in [-0.15, -0.1) is 0 Å². The molecule has 0 saturated heterocycles. The zero-order valence-electron chi connectivity index (χ0n) is 11.5. The number of nitrogens with zero attached hydrogens (tertiary/aromatic N) is 1. The van der Waals surface area contributed by atoms with Crippen molar-refractivity contribution >= 4 is 11.9 Å². The Morgan fingerprint density at radius 3 is 2.63 bits per heavy atom. The van der Waals surface area contributed by atoms with E-state index in [1.165, 1.54) is 0 Å². The number of hydrogen-bond acceptors (Lipinski definition) is 3. The second-order valence-electron chi connectivity index (χ2n) is 5.03. The molecule has 5 heteroatoms. The van der Waals surface area contributed by atoms with E-state index in [2.05, 4.69) is 10.3 Å². The van der Waals surface area contributed by atoms with Crippen LogP contribution in [0, 0.1) is 12.8 Å². The molecular formula is C14H20N2O3. The highest BCUT2D eigenvalue weighted by atomic mass is 16.4. The third-order valence-electron chi connectivity index (χ3n) is 2.79. The molecule has 1 rings (SSSR count). The van der Waals surface area contributed by atoms with Crippen molar-refractivity contribution in [1.29, 1.82) is 0 Å². The second kappa shape index (κ2) is 6.87. The molecule has 0 aromatic carbocycles. The first-order valence-corrected chi connectivity index (χ1v) is 6.32. The van der Waals surface area contributed by atoms with Crippen LogP contribution in [0.25, 0.3) is 0 Å². The summed E-state index contributed by atoms with van der Waals surface area (Å²) in [6.45, 7) is 5.72. The predicted molar refractivity (Wildman–Crippen MR) is 71.7 cm³/mol. The molecular weight excluding hydrogens is 244 g/mol. The molecule has 0 spiro atoms. The van der Waals surface area contributed by atoms with Crippen LogP contribution in [-0.2, 0) is 16.0 Å². The van der Waals surface area contributed by atoms with Crippen molar-refractivity contribution in [3.05, 3.63) is 29.6 Å². The number of nitrogens with one attached hydrogen (secondary N) is 1. The SMILES string of the molecule is Cc1cccnc1CC(=O)N[C@@H](CC(C)C)C(=O)O. The standard InChI is InChI=1S/C14H20N2O3/c1-9(2)7-12(14(18)19)16-13(17)8-11-10(3)5-4-6-15-11/h4-6,9,12H,7-8H2,1-3H3,(H,16,17)(H,18,19)/t12-/m0/s1. The lowest BCUT2D eigenvalue weighted by Crippen LogP contribution is -2.42. The van der Waals surface area contributed by atoms with Crippen LogP contribution in [0.2, 0.25) is 0 Å². The molecule has 0 aliphatic heterocycles. The first-order valence-electron chi connectivity index (χ1n) is 6.32. The smallest absolute Gasteiger partial charge is 0.326 e. The minimum atomic E-state index is -1.00. The number of aromatic nitrogens is 1. The van der Waals surface area contributed by atoms with E-state index in [-0.39, 0.29) is 18.2 Å². The van der Waals surface area contributed by atoms with Gasteiger partial charge in [0.15, 0.2) is 0 Å². The van der Waals surface area contributed by atoms with Crippen molar-refractivity contribution in [1.82, 2.24) is 10.3 Å². The lowest BCUT2D eigenvalue weighted by atomic mass is 10.0. The Morgan fingerprint density at radius 2 is 2.11 bits per heavy atom. The average Bonchev–Trinajstić information content (AvgIpc) is 2.30. The molecule has 0 bridgehead atoms. The molecule has 0 fully saturated rings. The Bertz CT molecular complexity index is 458. The zero-order chi connectivity index (χ0) is 14.4. The van der Waals surface area contributed by atoms with Crippen LogP contribution < -0.4 is 5.32 Å². The number of aliphatic carboxylic acids is 1. The minimum Gasteiger partial charge on any atom is -0.480 e. The number of rotatable bonds is 6. The van der Waals surface area contributed by atoms with Crippen LogP contribution in [-0.4, -0.2) is 28.0 Å². The van der Waals surface area contributed by atoms with Crippen molar-refractivity contribution in [2.45, 2.75) is 39.7 Å². The fourth-order valence-electron chi connectivity index (χ4n) is 1.79. The van der Waals surface area contributed by atoms with Gasteiger partial charge < -0.3 is 10.4 Å². The first-order chi connectivity index (χ1) is 8.90. The van der Waals surface area contributed by atoms with Gasteiger partial charge in [-0.25, -0.2) is 4.79 Å². The molecule has 1 atom stereocenters. The van der Waals surface area contributed by atoms with Crippen molar-refractivity contribution in [3.8, 4) is 0 Å². The molecule has 1 heterocycles.